The van der Waals surface area contributed by atoms with Gasteiger partial charge in [0.15, 0.2) is 0 Å². The summed E-state index contributed by atoms with van der Waals surface area (Å²) in [5.74, 6) is -0.781. The highest BCUT2D eigenvalue weighted by Gasteiger charge is 2.11. The van der Waals surface area contributed by atoms with Gasteiger partial charge in [0.1, 0.15) is 11.6 Å². The van der Waals surface area contributed by atoms with E-state index in [4.69, 9.17) is 11.6 Å². The van der Waals surface area contributed by atoms with Gasteiger partial charge in [-0.1, -0.05) is 23.7 Å². The molecule has 0 amide bonds. The third-order valence-corrected chi connectivity index (χ3v) is 2.74. The Morgan fingerprint density at radius 1 is 1.06 bits per heavy atom. The standard InChI is InChI=1S/C13H9ClF2/c1-8-3-2-4-12(16)13(8)10-6-5-9(15)7-11(10)14/h2-7H,1H3. The highest BCUT2D eigenvalue weighted by Crippen LogP contribution is 2.32. The van der Waals surface area contributed by atoms with Crippen LogP contribution in [0.1, 0.15) is 5.56 Å². The van der Waals surface area contributed by atoms with Crippen LogP contribution < -0.4 is 0 Å². The summed E-state index contributed by atoms with van der Waals surface area (Å²) in [5, 5.41) is 0.216. The van der Waals surface area contributed by atoms with Crippen LogP contribution in [0.5, 0.6) is 0 Å². The summed E-state index contributed by atoms with van der Waals surface area (Å²) >= 11 is 5.90. The summed E-state index contributed by atoms with van der Waals surface area (Å²) < 4.78 is 26.6. The van der Waals surface area contributed by atoms with Crippen LogP contribution in [0.3, 0.4) is 0 Å². The molecule has 3 heteroatoms. The third-order valence-electron chi connectivity index (χ3n) is 2.42. The maximum Gasteiger partial charge on any atom is 0.131 e. The van der Waals surface area contributed by atoms with Crippen molar-refractivity contribution >= 4 is 11.6 Å². The first-order valence-electron chi connectivity index (χ1n) is 4.80. The molecule has 0 fully saturated rings. The maximum atomic E-state index is 13.7. The van der Waals surface area contributed by atoms with E-state index in [2.05, 4.69) is 0 Å². The van der Waals surface area contributed by atoms with Crippen molar-refractivity contribution in [1.82, 2.24) is 0 Å². The van der Waals surface area contributed by atoms with Crippen molar-refractivity contribution < 1.29 is 8.78 Å². The van der Waals surface area contributed by atoms with Crippen molar-refractivity contribution in [3.63, 3.8) is 0 Å². The zero-order valence-corrected chi connectivity index (χ0v) is 9.35. The van der Waals surface area contributed by atoms with Crippen LogP contribution in [0, 0.1) is 18.6 Å². The van der Waals surface area contributed by atoms with E-state index in [1.165, 1.54) is 24.3 Å². The molecule has 82 valence electrons. The molecule has 0 aliphatic heterocycles. The van der Waals surface area contributed by atoms with Gasteiger partial charge in [0.25, 0.3) is 0 Å². The number of rotatable bonds is 1. The van der Waals surface area contributed by atoms with Crippen molar-refractivity contribution in [3.8, 4) is 11.1 Å². The lowest BCUT2D eigenvalue weighted by Gasteiger charge is -2.09. The Kier molecular flexibility index (Phi) is 2.92. The van der Waals surface area contributed by atoms with Gasteiger partial charge in [0.05, 0.1) is 5.02 Å². The van der Waals surface area contributed by atoms with Gasteiger partial charge in [0.2, 0.25) is 0 Å². The van der Waals surface area contributed by atoms with Gasteiger partial charge < -0.3 is 0 Å². The molecule has 0 saturated heterocycles. The maximum absolute atomic E-state index is 13.7. The number of hydrogen-bond acceptors (Lipinski definition) is 0. The van der Waals surface area contributed by atoms with Gasteiger partial charge in [-0.2, -0.15) is 0 Å². The molecule has 0 heterocycles. The van der Waals surface area contributed by atoms with Crippen LogP contribution in [-0.4, -0.2) is 0 Å². The fourth-order valence-electron chi connectivity index (χ4n) is 1.67. The van der Waals surface area contributed by atoms with E-state index in [0.717, 1.165) is 5.56 Å². The summed E-state index contributed by atoms with van der Waals surface area (Å²) in [4.78, 5) is 0. The fraction of sp³-hybridized carbons (Fsp3) is 0.0769. The van der Waals surface area contributed by atoms with Crippen molar-refractivity contribution in [2.45, 2.75) is 6.92 Å². The molecule has 0 saturated carbocycles. The lowest BCUT2D eigenvalue weighted by Crippen LogP contribution is -1.90. The van der Waals surface area contributed by atoms with E-state index in [-0.39, 0.29) is 10.8 Å². The molecule has 2 rings (SSSR count). The fourth-order valence-corrected chi connectivity index (χ4v) is 1.93. The Bertz CT molecular complexity index is 515. The summed E-state index contributed by atoms with van der Waals surface area (Å²) in [6, 6.07) is 8.73. The normalized spacial score (nSPS) is 10.5. The topological polar surface area (TPSA) is 0 Å². The van der Waals surface area contributed by atoms with Crippen molar-refractivity contribution in [2.24, 2.45) is 0 Å². The minimum absolute atomic E-state index is 0.216. The average Bonchev–Trinajstić information content (AvgIpc) is 2.20. The first kappa shape index (κ1) is 11.1. The second-order valence-electron chi connectivity index (χ2n) is 3.56. The van der Waals surface area contributed by atoms with Gasteiger partial charge in [-0.15, -0.1) is 0 Å². The van der Waals surface area contributed by atoms with E-state index in [9.17, 15) is 8.78 Å². The minimum atomic E-state index is -0.428. The predicted octanol–water partition coefficient (Wildman–Crippen LogP) is 4.59. The Balaban J connectivity index is 2.68. The number of aryl methyl sites for hydroxylation is 1. The Labute approximate surface area is 97.5 Å². The largest absolute Gasteiger partial charge is 0.207 e. The highest BCUT2D eigenvalue weighted by molar-refractivity contribution is 6.33. The summed E-state index contributed by atoms with van der Waals surface area (Å²) in [5.41, 5.74) is 1.71. The van der Waals surface area contributed by atoms with E-state index in [1.54, 1.807) is 19.1 Å². The summed E-state index contributed by atoms with van der Waals surface area (Å²) in [6.45, 7) is 1.79. The van der Waals surface area contributed by atoms with Crippen LogP contribution in [0.2, 0.25) is 5.02 Å². The number of halogens is 3. The van der Waals surface area contributed by atoms with Gasteiger partial charge in [-0.05, 0) is 36.8 Å². The van der Waals surface area contributed by atoms with Crippen molar-refractivity contribution in [1.29, 1.82) is 0 Å². The Morgan fingerprint density at radius 3 is 2.44 bits per heavy atom. The lowest BCUT2D eigenvalue weighted by atomic mass is 10.00. The van der Waals surface area contributed by atoms with Crippen molar-refractivity contribution in [3.05, 3.63) is 58.6 Å². The number of benzene rings is 2. The van der Waals surface area contributed by atoms with Crippen LogP contribution in [-0.2, 0) is 0 Å². The molecule has 0 nitrogen and oxygen atoms in total. The van der Waals surface area contributed by atoms with Gasteiger partial charge in [0, 0.05) is 11.1 Å². The molecule has 0 radical (unpaired) electrons. The highest BCUT2D eigenvalue weighted by atomic mass is 35.5. The molecule has 16 heavy (non-hydrogen) atoms. The molecule has 0 aromatic heterocycles. The van der Waals surface area contributed by atoms with Gasteiger partial charge in [-0.3, -0.25) is 0 Å². The minimum Gasteiger partial charge on any atom is -0.207 e. The van der Waals surface area contributed by atoms with Gasteiger partial charge >= 0.3 is 0 Å². The molecule has 0 unspecified atom stereocenters. The first-order chi connectivity index (χ1) is 7.59. The summed E-state index contributed by atoms with van der Waals surface area (Å²) in [6.07, 6.45) is 0. The van der Waals surface area contributed by atoms with Crippen LogP contribution >= 0.6 is 11.6 Å². The first-order valence-corrected chi connectivity index (χ1v) is 5.18. The molecular formula is C13H9ClF2. The van der Waals surface area contributed by atoms with E-state index >= 15 is 0 Å². The van der Waals surface area contributed by atoms with Crippen LogP contribution in [0.15, 0.2) is 36.4 Å². The van der Waals surface area contributed by atoms with Crippen LogP contribution in [0.4, 0.5) is 8.78 Å². The zero-order valence-electron chi connectivity index (χ0n) is 8.60. The number of hydrogen-bond donors (Lipinski definition) is 0. The molecule has 0 atom stereocenters. The van der Waals surface area contributed by atoms with Gasteiger partial charge in [-0.25, -0.2) is 8.78 Å². The average molecular weight is 239 g/mol. The summed E-state index contributed by atoms with van der Waals surface area (Å²) in [7, 11) is 0. The van der Waals surface area contributed by atoms with E-state index < -0.39 is 5.82 Å². The van der Waals surface area contributed by atoms with Crippen molar-refractivity contribution in [2.75, 3.05) is 0 Å². The lowest BCUT2D eigenvalue weighted by molar-refractivity contribution is 0.625. The Hall–Kier alpha value is -1.41. The molecular weight excluding hydrogens is 230 g/mol. The zero-order chi connectivity index (χ0) is 11.7. The van der Waals surface area contributed by atoms with E-state index in [1.807, 2.05) is 0 Å². The van der Waals surface area contributed by atoms with Crippen LogP contribution in [0.25, 0.3) is 11.1 Å². The van der Waals surface area contributed by atoms with E-state index in [0.29, 0.717) is 11.1 Å². The quantitative estimate of drug-likeness (QED) is 0.682. The molecule has 2 aromatic rings. The second-order valence-corrected chi connectivity index (χ2v) is 3.96. The third kappa shape index (κ3) is 1.93. The molecule has 0 bridgehead atoms. The smallest absolute Gasteiger partial charge is 0.131 e. The molecule has 0 spiro atoms. The second kappa shape index (κ2) is 4.22. The molecule has 2 aromatic carbocycles. The SMILES string of the molecule is Cc1cccc(F)c1-c1ccc(F)cc1Cl. The monoisotopic (exact) mass is 238 g/mol. The molecule has 0 N–H and O–H groups in total. The predicted molar refractivity (Wildman–Crippen MR) is 61.5 cm³/mol. The molecule has 0 aliphatic rings. The molecule has 0 aliphatic carbocycles. The Morgan fingerprint density at radius 2 is 1.81 bits per heavy atom.